The second-order valence-corrected chi connectivity index (χ2v) is 1.39. The average Bonchev–Trinajstić information content (AvgIpc) is 1.30. The van der Waals surface area contributed by atoms with E-state index in [1.807, 2.05) is 0 Å². The highest BCUT2D eigenvalue weighted by atomic mass is 16.1. The van der Waals surface area contributed by atoms with Crippen LogP contribution in [-0.2, 0) is 4.79 Å². The highest BCUT2D eigenvalue weighted by molar-refractivity contribution is 5.83. The Kier molecular flexibility index (Phi) is 1.81. The Bertz CT molecular complexity index is 52.6. The summed E-state index contributed by atoms with van der Waals surface area (Å²) in [5, 5.41) is 0. The van der Waals surface area contributed by atoms with Crippen molar-refractivity contribution in [2.75, 3.05) is 0 Å². The second-order valence-electron chi connectivity index (χ2n) is 1.39. The highest BCUT2D eigenvalue weighted by Gasteiger charge is 2.09. The van der Waals surface area contributed by atoms with Crippen molar-refractivity contribution in [1.82, 2.24) is 0 Å². The average molecular weight is 88.1 g/mol. The standard InChI is InChI=1S/C4H6O.H2O/c5-4-2-1-3-4;/h1-3H2;1H2. The van der Waals surface area contributed by atoms with Gasteiger partial charge in [-0.25, -0.2) is 0 Å². The van der Waals surface area contributed by atoms with Crippen LogP contribution in [0.4, 0.5) is 0 Å². The number of ketones is 1. The van der Waals surface area contributed by atoms with Crippen LogP contribution in [0.25, 0.3) is 0 Å². The first-order chi connectivity index (χ1) is 2.39. The third-order valence-corrected chi connectivity index (χ3v) is 0.911. The fourth-order valence-corrected chi connectivity index (χ4v) is 0.321. The van der Waals surface area contributed by atoms with E-state index in [9.17, 15) is 4.79 Å². The van der Waals surface area contributed by atoms with Gasteiger partial charge in [-0.05, 0) is 6.42 Å². The number of hydrogen-bond donors (Lipinski definition) is 0. The largest absolute Gasteiger partial charge is 0.412 e. The first kappa shape index (κ1) is 5.63. The smallest absolute Gasteiger partial charge is 0.132 e. The van der Waals surface area contributed by atoms with E-state index in [1.165, 1.54) is 0 Å². The van der Waals surface area contributed by atoms with Crippen molar-refractivity contribution in [2.45, 2.75) is 19.3 Å². The Morgan fingerprint density at radius 2 is 1.67 bits per heavy atom. The van der Waals surface area contributed by atoms with Crippen LogP contribution in [0.2, 0.25) is 0 Å². The van der Waals surface area contributed by atoms with Crippen LogP contribution >= 0.6 is 0 Å². The molecule has 0 radical (unpaired) electrons. The number of carbonyl (C=O) groups is 1. The highest BCUT2D eigenvalue weighted by Crippen LogP contribution is 2.10. The zero-order chi connectivity index (χ0) is 3.70. The van der Waals surface area contributed by atoms with Crippen LogP contribution in [0.5, 0.6) is 0 Å². The number of carbonyl (C=O) groups excluding carboxylic acids is 1. The summed E-state index contributed by atoms with van der Waals surface area (Å²) in [4.78, 5) is 9.90. The van der Waals surface area contributed by atoms with Crippen molar-refractivity contribution >= 4 is 5.78 Å². The van der Waals surface area contributed by atoms with Gasteiger partial charge in [0, 0.05) is 12.8 Å². The van der Waals surface area contributed by atoms with Crippen molar-refractivity contribution in [3.05, 3.63) is 0 Å². The fourth-order valence-electron chi connectivity index (χ4n) is 0.321. The molecule has 1 fully saturated rings. The first-order valence-corrected chi connectivity index (χ1v) is 1.91. The maximum Gasteiger partial charge on any atom is 0.132 e. The van der Waals surface area contributed by atoms with Gasteiger partial charge in [0.2, 0.25) is 0 Å². The molecule has 2 heteroatoms. The third-order valence-electron chi connectivity index (χ3n) is 0.911. The van der Waals surface area contributed by atoms with Crippen molar-refractivity contribution in [3.63, 3.8) is 0 Å². The van der Waals surface area contributed by atoms with Gasteiger partial charge in [0.05, 0.1) is 0 Å². The number of Topliss-reactive ketones (excluding diaryl/α,β-unsaturated/α-hetero) is 1. The molecule has 0 heterocycles. The van der Waals surface area contributed by atoms with E-state index in [4.69, 9.17) is 0 Å². The number of rotatable bonds is 0. The summed E-state index contributed by atoms with van der Waals surface area (Å²) < 4.78 is 0. The first-order valence-electron chi connectivity index (χ1n) is 1.91. The predicted octanol–water partition coefficient (Wildman–Crippen LogP) is -0.0853. The van der Waals surface area contributed by atoms with Gasteiger partial charge in [-0.1, -0.05) is 0 Å². The van der Waals surface area contributed by atoms with Gasteiger partial charge >= 0.3 is 0 Å². The van der Waals surface area contributed by atoms with Gasteiger partial charge < -0.3 is 5.48 Å². The molecule has 36 valence electrons. The molecule has 1 rings (SSSR count). The van der Waals surface area contributed by atoms with E-state index in [1.54, 1.807) is 0 Å². The summed E-state index contributed by atoms with van der Waals surface area (Å²) in [6.45, 7) is 0. The van der Waals surface area contributed by atoms with Crippen molar-refractivity contribution < 1.29 is 10.3 Å². The molecule has 1 saturated carbocycles. The molecule has 1 aliphatic rings. The molecule has 0 saturated heterocycles. The van der Waals surface area contributed by atoms with Gasteiger partial charge in [-0.2, -0.15) is 0 Å². The molecule has 0 atom stereocenters. The zero-order valence-corrected chi connectivity index (χ0v) is 3.53. The maximum absolute atomic E-state index is 9.90. The van der Waals surface area contributed by atoms with Crippen LogP contribution in [-0.4, -0.2) is 11.3 Å². The van der Waals surface area contributed by atoms with Crippen LogP contribution in [0, 0.1) is 0 Å². The molecule has 0 amide bonds. The Hall–Kier alpha value is -0.370. The summed E-state index contributed by atoms with van der Waals surface area (Å²) in [6.07, 6.45) is 2.83. The minimum absolute atomic E-state index is 0. The molecule has 2 nitrogen and oxygen atoms in total. The normalized spacial score (nSPS) is 18.3. The fraction of sp³-hybridized carbons (Fsp3) is 0.750. The second kappa shape index (κ2) is 1.92. The van der Waals surface area contributed by atoms with E-state index in [2.05, 4.69) is 0 Å². The van der Waals surface area contributed by atoms with E-state index >= 15 is 0 Å². The molecular weight excluding hydrogens is 80.0 g/mol. The molecular formula is C4H8O2. The Labute approximate surface area is 36.5 Å². The molecule has 0 unspecified atom stereocenters. The summed E-state index contributed by atoms with van der Waals surface area (Å²) >= 11 is 0. The quantitative estimate of drug-likeness (QED) is 0.408. The molecule has 0 aromatic carbocycles. The Morgan fingerprint density at radius 1 is 1.33 bits per heavy atom. The van der Waals surface area contributed by atoms with Crippen molar-refractivity contribution in [3.8, 4) is 0 Å². The Balaban J connectivity index is 0.000000250. The predicted molar refractivity (Wildman–Crippen MR) is 22.5 cm³/mol. The van der Waals surface area contributed by atoms with E-state index < -0.39 is 0 Å². The molecule has 0 aromatic heterocycles. The summed E-state index contributed by atoms with van der Waals surface area (Å²) in [5.74, 6) is 0.435. The topological polar surface area (TPSA) is 48.6 Å². The SMILES string of the molecule is O.O=C1CCC1. The summed E-state index contributed by atoms with van der Waals surface area (Å²) in [5.41, 5.74) is 0. The molecule has 0 aliphatic heterocycles. The minimum atomic E-state index is 0. The molecule has 0 spiro atoms. The third kappa shape index (κ3) is 0.792. The van der Waals surface area contributed by atoms with Crippen LogP contribution in [0.1, 0.15) is 19.3 Å². The van der Waals surface area contributed by atoms with Crippen LogP contribution < -0.4 is 0 Å². The van der Waals surface area contributed by atoms with E-state index in [0.717, 1.165) is 19.3 Å². The van der Waals surface area contributed by atoms with E-state index in [0.29, 0.717) is 5.78 Å². The summed E-state index contributed by atoms with van der Waals surface area (Å²) in [7, 11) is 0. The van der Waals surface area contributed by atoms with Crippen molar-refractivity contribution in [2.24, 2.45) is 0 Å². The molecule has 1 aliphatic carbocycles. The lowest BCUT2D eigenvalue weighted by molar-refractivity contribution is -0.123. The monoisotopic (exact) mass is 88.1 g/mol. The van der Waals surface area contributed by atoms with Gasteiger partial charge in [0.25, 0.3) is 0 Å². The van der Waals surface area contributed by atoms with Crippen LogP contribution in [0.15, 0.2) is 0 Å². The van der Waals surface area contributed by atoms with Gasteiger partial charge in [-0.3, -0.25) is 4.79 Å². The Morgan fingerprint density at radius 3 is 1.67 bits per heavy atom. The molecule has 0 bridgehead atoms. The lowest BCUT2D eigenvalue weighted by Crippen LogP contribution is -2.07. The maximum atomic E-state index is 9.90. The lowest BCUT2D eigenvalue weighted by Gasteiger charge is -2.05. The minimum Gasteiger partial charge on any atom is -0.412 e. The van der Waals surface area contributed by atoms with Crippen molar-refractivity contribution in [1.29, 1.82) is 0 Å². The van der Waals surface area contributed by atoms with Gasteiger partial charge in [-0.15, -0.1) is 0 Å². The van der Waals surface area contributed by atoms with Gasteiger partial charge in [0.1, 0.15) is 5.78 Å². The molecule has 2 N–H and O–H groups in total. The number of hydrogen-bond acceptors (Lipinski definition) is 1. The summed E-state index contributed by atoms with van der Waals surface area (Å²) in [6, 6.07) is 0. The lowest BCUT2D eigenvalue weighted by atomic mass is 9.99. The van der Waals surface area contributed by atoms with Gasteiger partial charge in [0.15, 0.2) is 0 Å². The molecule has 0 aromatic rings. The molecule has 6 heavy (non-hydrogen) atoms. The van der Waals surface area contributed by atoms with E-state index in [-0.39, 0.29) is 5.48 Å². The zero-order valence-electron chi connectivity index (χ0n) is 3.53. The van der Waals surface area contributed by atoms with Crippen LogP contribution in [0.3, 0.4) is 0 Å².